The van der Waals surface area contributed by atoms with Gasteiger partial charge in [-0.3, -0.25) is 4.79 Å². The second-order valence-electron chi connectivity index (χ2n) is 4.52. The fourth-order valence-electron chi connectivity index (χ4n) is 2.47. The molecule has 5 nitrogen and oxygen atoms in total. The SMILES string of the molecule is CCn1cc(CC(=O)O)c2cc3c(cc21)OCCO3. The molecule has 0 aliphatic carbocycles. The van der Waals surface area contributed by atoms with Crippen LogP contribution in [0.1, 0.15) is 12.5 Å². The molecule has 100 valence electrons. The summed E-state index contributed by atoms with van der Waals surface area (Å²) in [7, 11) is 0. The highest BCUT2D eigenvalue weighted by Crippen LogP contribution is 2.36. The van der Waals surface area contributed by atoms with Gasteiger partial charge in [0.25, 0.3) is 0 Å². The van der Waals surface area contributed by atoms with Gasteiger partial charge in [0.2, 0.25) is 0 Å². The van der Waals surface area contributed by atoms with Crippen LogP contribution in [0.25, 0.3) is 10.9 Å². The lowest BCUT2D eigenvalue weighted by Gasteiger charge is -2.18. The van der Waals surface area contributed by atoms with E-state index in [2.05, 4.69) is 0 Å². The topological polar surface area (TPSA) is 60.7 Å². The summed E-state index contributed by atoms with van der Waals surface area (Å²) in [6.07, 6.45) is 1.91. The third kappa shape index (κ3) is 2.01. The van der Waals surface area contributed by atoms with E-state index in [1.807, 2.05) is 29.8 Å². The molecule has 1 aliphatic heterocycles. The first kappa shape index (κ1) is 11.9. The summed E-state index contributed by atoms with van der Waals surface area (Å²) in [6.45, 7) is 3.89. The van der Waals surface area contributed by atoms with Crippen LogP contribution >= 0.6 is 0 Å². The maximum atomic E-state index is 10.9. The first-order chi connectivity index (χ1) is 9.19. The number of aryl methyl sites for hydroxylation is 1. The van der Waals surface area contributed by atoms with E-state index in [1.54, 1.807) is 0 Å². The number of ether oxygens (including phenoxy) is 2. The number of rotatable bonds is 3. The smallest absolute Gasteiger partial charge is 0.307 e. The van der Waals surface area contributed by atoms with E-state index in [0.29, 0.717) is 19.0 Å². The molecule has 1 N–H and O–H groups in total. The van der Waals surface area contributed by atoms with Crippen molar-refractivity contribution in [3.8, 4) is 11.5 Å². The van der Waals surface area contributed by atoms with Gasteiger partial charge in [-0.2, -0.15) is 0 Å². The van der Waals surface area contributed by atoms with Gasteiger partial charge in [-0.05, 0) is 18.6 Å². The zero-order valence-electron chi connectivity index (χ0n) is 10.7. The lowest BCUT2D eigenvalue weighted by Crippen LogP contribution is -2.15. The van der Waals surface area contributed by atoms with Gasteiger partial charge >= 0.3 is 5.97 Å². The van der Waals surface area contributed by atoms with Gasteiger partial charge in [-0.25, -0.2) is 0 Å². The van der Waals surface area contributed by atoms with Gasteiger partial charge in [0.05, 0.1) is 11.9 Å². The van der Waals surface area contributed by atoms with E-state index in [-0.39, 0.29) is 6.42 Å². The molecular weight excluding hydrogens is 246 g/mol. The molecule has 0 amide bonds. The van der Waals surface area contributed by atoms with Gasteiger partial charge in [-0.15, -0.1) is 0 Å². The summed E-state index contributed by atoms with van der Waals surface area (Å²) in [5.74, 6) is 0.595. The molecule has 2 aromatic rings. The molecule has 0 saturated heterocycles. The second-order valence-corrected chi connectivity index (χ2v) is 4.52. The van der Waals surface area contributed by atoms with Crippen molar-refractivity contribution >= 4 is 16.9 Å². The molecule has 2 heterocycles. The lowest BCUT2D eigenvalue weighted by atomic mass is 10.1. The molecule has 0 radical (unpaired) electrons. The number of aromatic nitrogens is 1. The Morgan fingerprint density at radius 3 is 2.63 bits per heavy atom. The maximum absolute atomic E-state index is 10.9. The van der Waals surface area contributed by atoms with Crippen molar-refractivity contribution in [2.24, 2.45) is 0 Å². The summed E-state index contributed by atoms with van der Waals surface area (Å²) in [5.41, 5.74) is 1.80. The van der Waals surface area contributed by atoms with E-state index in [9.17, 15) is 4.79 Å². The van der Waals surface area contributed by atoms with Crippen molar-refractivity contribution in [1.29, 1.82) is 0 Å². The predicted octanol–water partition coefficient (Wildman–Crippen LogP) is 2.06. The molecule has 0 unspecified atom stereocenters. The van der Waals surface area contributed by atoms with E-state index in [1.165, 1.54) is 0 Å². The number of carboxylic acids is 1. The normalized spacial score (nSPS) is 13.7. The molecule has 19 heavy (non-hydrogen) atoms. The van der Waals surface area contributed by atoms with Crippen LogP contribution in [0.3, 0.4) is 0 Å². The van der Waals surface area contributed by atoms with Gasteiger partial charge in [-0.1, -0.05) is 0 Å². The number of carbonyl (C=O) groups is 1. The Morgan fingerprint density at radius 1 is 1.32 bits per heavy atom. The Balaban J connectivity index is 2.19. The fraction of sp³-hybridized carbons (Fsp3) is 0.357. The van der Waals surface area contributed by atoms with Gasteiger partial charge < -0.3 is 19.1 Å². The Morgan fingerprint density at radius 2 is 2.00 bits per heavy atom. The largest absolute Gasteiger partial charge is 0.486 e. The molecule has 5 heteroatoms. The van der Waals surface area contributed by atoms with E-state index in [4.69, 9.17) is 14.6 Å². The number of aliphatic carboxylic acids is 1. The van der Waals surface area contributed by atoms with Crippen LogP contribution in [0.2, 0.25) is 0 Å². The predicted molar refractivity (Wildman–Crippen MR) is 69.9 cm³/mol. The third-order valence-electron chi connectivity index (χ3n) is 3.31. The molecule has 1 aliphatic rings. The first-order valence-electron chi connectivity index (χ1n) is 6.32. The molecule has 0 fully saturated rings. The number of fused-ring (bicyclic) bond motifs is 2. The molecule has 3 rings (SSSR count). The van der Waals surface area contributed by atoms with Crippen molar-refractivity contribution < 1.29 is 19.4 Å². The highest BCUT2D eigenvalue weighted by Gasteiger charge is 2.17. The Labute approximate surface area is 110 Å². The molecule has 1 aromatic heterocycles. The number of hydrogen-bond acceptors (Lipinski definition) is 3. The van der Waals surface area contributed by atoms with Gasteiger partial charge in [0.15, 0.2) is 11.5 Å². The van der Waals surface area contributed by atoms with Crippen molar-refractivity contribution in [1.82, 2.24) is 4.57 Å². The molecule has 0 bridgehead atoms. The Hall–Kier alpha value is -2.17. The summed E-state index contributed by atoms with van der Waals surface area (Å²) in [5, 5.41) is 9.91. The van der Waals surface area contributed by atoms with Gasteiger partial charge in [0, 0.05) is 24.2 Å². The minimum Gasteiger partial charge on any atom is -0.486 e. The van der Waals surface area contributed by atoms with E-state index < -0.39 is 5.97 Å². The molecular formula is C14H15NO4. The minimum atomic E-state index is -0.829. The first-order valence-corrected chi connectivity index (χ1v) is 6.32. The third-order valence-corrected chi connectivity index (χ3v) is 3.31. The van der Waals surface area contributed by atoms with Crippen LogP contribution in [-0.2, 0) is 17.8 Å². The van der Waals surface area contributed by atoms with E-state index >= 15 is 0 Å². The van der Waals surface area contributed by atoms with Crippen LogP contribution in [0, 0.1) is 0 Å². The number of hydrogen-bond donors (Lipinski definition) is 1. The zero-order chi connectivity index (χ0) is 13.4. The van der Waals surface area contributed by atoms with Crippen molar-refractivity contribution in [3.63, 3.8) is 0 Å². The maximum Gasteiger partial charge on any atom is 0.307 e. The average Bonchev–Trinajstić information content (AvgIpc) is 2.73. The van der Waals surface area contributed by atoms with Crippen LogP contribution in [0.5, 0.6) is 11.5 Å². The number of carboxylic acid groups (broad SMARTS) is 1. The fourth-order valence-corrected chi connectivity index (χ4v) is 2.47. The summed E-state index contributed by atoms with van der Waals surface area (Å²) in [4.78, 5) is 10.9. The molecule has 0 saturated carbocycles. The Bertz CT molecular complexity index is 644. The van der Waals surface area contributed by atoms with Crippen LogP contribution in [0.4, 0.5) is 0 Å². The van der Waals surface area contributed by atoms with Crippen molar-refractivity contribution in [2.45, 2.75) is 19.9 Å². The highest BCUT2D eigenvalue weighted by molar-refractivity contribution is 5.90. The van der Waals surface area contributed by atoms with Crippen LogP contribution in [0.15, 0.2) is 18.3 Å². The minimum absolute atomic E-state index is 0.0170. The summed E-state index contributed by atoms with van der Waals surface area (Å²) < 4.78 is 13.2. The molecule has 1 aromatic carbocycles. The zero-order valence-corrected chi connectivity index (χ0v) is 10.7. The van der Waals surface area contributed by atoms with Crippen LogP contribution < -0.4 is 9.47 Å². The quantitative estimate of drug-likeness (QED) is 0.918. The van der Waals surface area contributed by atoms with E-state index in [0.717, 1.165) is 28.8 Å². The number of nitrogens with zero attached hydrogens (tertiary/aromatic N) is 1. The van der Waals surface area contributed by atoms with Crippen LogP contribution in [-0.4, -0.2) is 28.9 Å². The Kier molecular flexibility index (Phi) is 2.81. The second kappa shape index (κ2) is 4.50. The lowest BCUT2D eigenvalue weighted by molar-refractivity contribution is -0.136. The average molecular weight is 261 g/mol. The molecule has 0 atom stereocenters. The summed E-state index contributed by atoms with van der Waals surface area (Å²) >= 11 is 0. The van der Waals surface area contributed by atoms with Crippen molar-refractivity contribution in [3.05, 3.63) is 23.9 Å². The van der Waals surface area contributed by atoms with Gasteiger partial charge in [0.1, 0.15) is 13.2 Å². The monoisotopic (exact) mass is 261 g/mol. The standard InChI is InChI=1S/C14H15NO4/c1-2-15-8-9(5-14(16)17)10-6-12-13(7-11(10)15)19-4-3-18-12/h6-8H,2-5H2,1H3,(H,16,17). The number of benzene rings is 1. The molecule has 0 spiro atoms. The van der Waals surface area contributed by atoms with Crippen molar-refractivity contribution in [2.75, 3.05) is 13.2 Å². The summed E-state index contributed by atoms with van der Waals surface area (Å²) in [6, 6.07) is 3.81. The highest BCUT2D eigenvalue weighted by atomic mass is 16.6.